The van der Waals surface area contributed by atoms with Gasteiger partial charge in [-0.1, -0.05) is 6.07 Å². The number of aromatic amines is 1. The van der Waals surface area contributed by atoms with E-state index in [1.165, 1.54) is 0 Å². The highest BCUT2D eigenvalue weighted by Crippen LogP contribution is 2.34. The van der Waals surface area contributed by atoms with Crippen molar-refractivity contribution in [1.29, 1.82) is 0 Å². The van der Waals surface area contributed by atoms with Crippen LogP contribution in [0.2, 0.25) is 0 Å². The van der Waals surface area contributed by atoms with Crippen molar-refractivity contribution >= 4 is 5.65 Å². The Morgan fingerprint density at radius 3 is 2.96 bits per heavy atom. The molecule has 28 heavy (non-hydrogen) atoms. The van der Waals surface area contributed by atoms with Crippen molar-refractivity contribution in [2.24, 2.45) is 0 Å². The number of ether oxygens (including phenoxy) is 2. The third-order valence-electron chi connectivity index (χ3n) is 4.87. The topological polar surface area (TPSA) is 89.4 Å². The summed E-state index contributed by atoms with van der Waals surface area (Å²) in [4.78, 5) is 0. The molecule has 0 bridgehead atoms. The third kappa shape index (κ3) is 2.97. The SMILES string of the molecule is CC(NCc1cn[nH]c1-c1ccc2c(c1)OCCO2)c1nnc2ccccn12. The Morgan fingerprint density at radius 2 is 2.04 bits per heavy atom. The van der Waals surface area contributed by atoms with E-state index >= 15 is 0 Å². The first-order chi connectivity index (χ1) is 13.8. The molecule has 2 N–H and O–H groups in total. The molecule has 8 nitrogen and oxygen atoms in total. The fourth-order valence-electron chi connectivity index (χ4n) is 3.40. The van der Waals surface area contributed by atoms with Crippen molar-refractivity contribution in [3.05, 3.63) is 60.2 Å². The number of hydrogen-bond acceptors (Lipinski definition) is 6. The van der Waals surface area contributed by atoms with Gasteiger partial charge < -0.3 is 14.8 Å². The molecule has 1 aliphatic rings. The summed E-state index contributed by atoms with van der Waals surface area (Å²) in [5, 5.41) is 19.4. The number of fused-ring (bicyclic) bond motifs is 2. The molecule has 5 rings (SSSR count). The summed E-state index contributed by atoms with van der Waals surface area (Å²) in [6.45, 7) is 3.87. The van der Waals surface area contributed by atoms with E-state index in [1.54, 1.807) is 0 Å². The summed E-state index contributed by atoms with van der Waals surface area (Å²) in [6.07, 6.45) is 3.81. The predicted molar refractivity (Wildman–Crippen MR) is 103 cm³/mol. The second-order valence-electron chi connectivity index (χ2n) is 6.72. The van der Waals surface area contributed by atoms with E-state index in [0.29, 0.717) is 19.8 Å². The molecule has 0 aliphatic carbocycles. The Morgan fingerprint density at radius 1 is 1.14 bits per heavy atom. The van der Waals surface area contributed by atoms with Crippen molar-refractivity contribution in [3.63, 3.8) is 0 Å². The van der Waals surface area contributed by atoms with Gasteiger partial charge in [-0.2, -0.15) is 5.10 Å². The molecule has 8 heteroatoms. The van der Waals surface area contributed by atoms with Crippen molar-refractivity contribution in [1.82, 2.24) is 30.1 Å². The summed E-state index contributed by atoms with van der Waals surface area (Å²) in [5.41, 5.74) is 3.88. The molecule has 0 fully saturated rings. The Kier molecular flexibility index (Phi) is 4.17. The van der Waals surface area contributed by atoms with E-state index in [4.69, 9.17) is 9.47 Å². The standard InChI is InChI=1S/C20H20N6O2/c1-13(20-25-23-18-4-2-3-7-26(18)20)21-11-15-12-22-24-19(15)14-5-6-16-17(10-14)28-9-8-27-16/h2-7,10,12-13,21H,8-9,11H2,1H3,(H,22,24). The summed E-state index contributed by atoms with van der Waals surface area (Å²) in [7, 11) is 0. The zero-order valence-electron chi connectivity index (χ0n) is 15.4. The van der Waals surface area contributed by atoms with Crippen LogP contribution in [-0.2, 0) is 6.54 Å². The molecule has 142 valence electrons. The van der Waals surface area contributed by atoms with Crippen LogP contribution in [0.3, 0.4) is 0 Å². The monoisotopic (exact) mass is 376 g/mol. The maximum atomic E-state index is 5.70. The highest BCUT2D eigenvalue weighted by molar-refractivity contribution is 5.66. The quantitative estimate of drug-likeness (QED) is 0.557. The number of nitrogens with zero attached hydrogens (tertiary/aromatic N) is 4. The first-order valence-corrected chi connectivity index (χ1v) is 9.25. The average molecular weight is 376 g/mol. The second-order valence-corrected chi connectivity index (χ2v) is 6.72. The van der Waals surface area contributed by atoms with Crippen molar-refractivity contribution in [3.8, 4) is 22.8 Å². The molecule has 1 aliphatic heterocycles. The van der Waals surface area contributed by atoms with Crippen LogP contribution < -0.4 is 14.8 Å². The van der Waals surface area contributed by atoms with Gasteiger partial charge in [-0.15, -0.1) is 10.2 Å². The molecular formula is C20H20N6O2. The van der Waals surface area contributed by atoms with E-state index in [-0.39, 0.29) is 6.04 Å². The molecule has 3 aromatic heterocycles. The molecule has 0 saturated heterocycles. The van der Waals surface area contributed by atoms with Crippen LogP contribution >= 0.6 is 0 Å². The first-order valence-electron chi connectivity index (χ1n) is 9.25. The predicted octanol–water partition coefficient (Wildman–Crippen LogP) is 2.74. The molecule has 1 atom stereocenters. The maximum Gasteiger partial charge on any atom is 0.162 e. The molecule has 0 radical (unpaired) electrons. The maximum absolute atomic E-state index is 5.70. The van der Waals surface area contributed by atoms with Crippen molar-refractivity contribution in [2.45, 2.75) is 19.5 Å². The second kappa shape index (κ2) is 6.97. The van der Waals surface area contributed by atoms with Gasteiger partial charge in [-0.3, -0.25) is 9.50 Å². The van der Waals surface area contributed by atoms with Gasteiger partial charge in [-0.05, 0) is 37.3 Å². The number of benzene rings is 1. The third-order valence-corrected chi connectivity index (χ3v) is 4.87. The van der Waals surface area contributed by atoms with Crippen LogP contribution in [0.15, 0.2) is 48.8 Å². The van der Waals surface area contributed by atoms with E-state index in [0.717, 1.165) is 39.8 Å². The summed E-state index contributed by atoms with van der Waals surface area (Å²) in [5.74, 6) is 2.42. The zero-order valence-corrected chi connectivity index (χ0v) is 15.4. The number of nitrogens with one attached hydrogen (secondary N) is 2. The highest BCUT2D eigenvalue weighted by atomic mass is 16.6. The van der Waals surface area contributed by atoms with E-state index in [2.05, 4.69) is 32.6 Å². The minimum Gasteiger partial charge on any atom is -0.486 e. The normalized spacial score (nSPS) is 14.3. The Labute approximate surface area is 161 Å². The van der Waals surface area contributed by atoms with E-state index in [9.17, 15) is 0 Å². The van der Waals surface area contributed by atoms with Crippen LogP contribution in [0.5, 0.6) is 11.5 Å². The minimum atomic E-state index is 0.0282. The largest absolute Gasteiger partial charge is 0.486 e. The number of pyridine rings is 1. The molecule has 0 amide bonds. The van der Waals surface area contributed by atoms with Crippen LogP contribution in [0.4, 0.5) is 0 Å². The minimum absolute atomic E-state index is 0.0282. The molecule has 0 saturated carbocycles. The van der Waals surface area contributed by atoms with Gasteiger partial charge in [0.2, 0.25) is 0 Å². The van der Waals surface area contributed by atoms with Crippen LogP contribution in [0.25, 0.3) is 16.9 Å². The van der Waals surface area contributed by atoms with Gasteiger partial charge in [0.25, 0.3) is 0 Å². The summed E-state index contributed by atoms with van der Waals surface area (Å²) >= 11 is 0. The smallest absolute Gasteiger partial charge is 0.162 e. The fraction of sp³-hybridized carbons (Fsp3) is 0.250. The van der Waals surface area contributed by atoms with Gasteiger partial charge in [0, 0.05) is 23.9 Å². The summed E-state index contributed by atoms with van der Waals surface area (Å²) in [6, 6.07) is 11.8. The van der Waals surface area contributed by atoms with Gasteiger partial charge in [0.1, 0.15) is 13.2 Å². The molecule has 0 spiro atoms. The van der Waals surface area contributed by atoms with Crippen LogP contribution in [-0.4, -0.2) is 38.0 Å². The molecule has 1 unspecified atom stereocenters. The number of rotatable bonds is 5. The van der Waals surface area contributed by atoms with Gasteiger partial charge in [0.15, 0.2) is 23.0 Å². The van der Waals surface area contributed by atoms with Gasteiger partial charge in [0.05, 0.1) is 17.9 Å². The van der Waals surface area contributed by atoms with Crippen LogP contribution in [0, 0.1) is 0 Å². The molecule has 4 aromatic rings. The van der Waals surface area contributed by atoms with Crippen LogP contribution in [0.1, 0.15) is 24.4 Å². The van der Waals surface area contributed by atoms with Crippen molar-refractivity contribution in [2.75, 3.05) is 13.2 Å². The van der Waals surface area contributed by atoms with Crippen molar-refractivity contribution < 1.29 is 9.47 Å². The number of H-pyrrole nitrogens is 1. The van der Waals surface area contributed by atoms with Gasteiger partial charge >= 0.3 is 0 Å². The lowest BCUT2D eigenvalue weighted by molar-refractivity contribution is 0.171. The Bertz CT molecular complexity index is 1120. The first kappa shape index (κ1) is 16.8. The zero-order chi connectivity index (χ0) is 18.9. The Balaban J connectivity index is 1.35. The molecule has 4 heterocycles. The van der Waals surface area contributed by atoms with E-state index < -0.39 is 0 Å². The van der Waals surface area contributed by atoms with Gasteiger partial charge in [-0.25, -0.2) is 0 Å². The average Bonchev–Trinajstić information content (AvgIpc) is 3.38. The lowest BCUT2D eigenvalue weighted by atomic mass is 10.1. The fourth-order valence-corrected chi connectivity index (χ4v) is 3.40. The molecular weight excluding hydrogens is 356 g/mol. The van der Waals surface area contributed by atoms with E-state index in [1.807, 2.05) is 53.2 Å². The lowest BCUT2D eigenvalue weighted by Crippen LogP contribution is -2.20. The lowest BCUT2D eigenvalue weighted by Gasteiger charge is -2.19. The summed E-state index contributed by atoms with van der Waals surface area (Å²) < 4.78 is 13.3. The highest BCUT2D eigenvalue weighted by Gasteiger charge is 2.17. The number of hydrogen-bond donors (Lipinski definition) is 2. The molecule has 1 aromatic carbocycles. The number of aromatic nitrogens is 5. The Hall–Kier alpha value is -3.39.